The topological polar surface area (TPSA) is 17.1 Å². The summed E-state index contributed by atoms with van der Waals surface area (Å²) in [6.45, 7) is 0. The summed E-state index contributed by atoms with van der Waals surface area (Å²) in [7, 11) is 0. The smallest absolute Gasteiger partial charge is 0.204 e. The summed E-state index contributed by atoms with van der Waals surface area (Å²) in [6, 6.07) is 7.46. The first kappa shape index (κ1) is 7.37. The molecular formula is C10H6OS. The van der Waals surface area contributed by atoms with Crippen LogP contribution in [0.1, 0.15) is 15.9 Å². The SMILES string of the molecule is O=C1C(=S)C=Cc2ccccc21. The Bertz CT molecular complexity index is 391. The van der Waals surface area contributed by atoms with Gasteiger partial charge in [-0.3, -0.25) is 4.79 Å². The maximum atomic E-state index is 11.4. The minimum atomic E-state index is -0.0388. The van der Waals surface area contributed by atoms with Crippen LogP contribution in [-0.2, 0) is 0 Å². The number of hydrogen-bond acceptors (Lipinski definition) is 2. The average Bonchev–Trinajstić information content (AvgIpc) is 2.12. The molecule has 1 aromatic rings. The Morgan fingerprint density at radius 1 is 1.08 bits per heavy atom. The number of carbonyl (C=O) groups excluding carboxylic acids is 1. The van der Waals surface area contributed by atoms with Crippen LogP contribution in [-0.4, -0.2) is 10.6 Å². The van der Waals surface area contributed by atoms with Gasteiger partial charge in [-0.25, -0.2) is 0 Å². The summed E-state index contributed by atoms with van der Waals surface area (Å²) in [6.07, 6.45) is 3.55. The van der Waals surface area contributed by atoms with Crippen LogP contribution in [0.2, 0.25) is 0 Å². The minimum Gasteiger partial charge on any atom is -0.288 e. The van der Waals surface area contributed by atoms with E-state index in [9.17, 15) is 4.79 Å². The molecule has 0 atom stereocenters. The Morgan fingerprint density at radius 2 is 1.83 bits per heavy atom. The number of fused-ring (bicyclic) bond motifs is 1. The second kappa shape index (κ2) is 2.64. The first-order valence-corrected chi connectivity index (χ1v) is 4.05. The number of ketones is 1. The highest BCUT2D eigenvalue weighted by atomic mass is 32.1. The second-order valence-corrected chi connectivity index (χ2v) is 3.05. The molecule has 2 rings (SSSR count). The van der Waals surface area contributed by atoms with Crippen molar-refractivity contribution in [1.82, 2.24) is 0 Å². The van der Waals surface area contributed by atoms with E-state index in [1.165, 1.54) is 0 Å². The molecule has 12 heavy (non-hydrogen) atoms. The van der Waals surface area contributed by atoms with Crippen LogP contribution in [0.25, 0.3) is 6.08 Å². The third-order valence-electron chi connectivity index (χ3n) is 1.84. The Hall–Kier alpha value is -1.28. The van der Waals surface area contributed by atoms with E-state index >= 15 is 0 Å². The summed E-state index contributed by atoms with van der Waals surface area (Å²) in [4.78, 5) is 11.8. The summed E-state index contributed by atoms with van der Waals surface area (Å²) in [5.41, 5.74) is 1.67. The summed E-state index contributed by atoms with van der Waals surface area (Å²) >= 11 is 4.87. The van der Waals surface area contributed by atoms with E-state index in [1.54, 1.807) is 12.1 Å². The molecule has 0 radical (unpaired) electrons. The predicted octanol–water partition coefficient (Wildman–Crippen LogP) is 2.27. The Labute approximate surface area is 75.7 Å². The van der Waals surface area contributed by atoms with E-state index in [2.05, 4.69) is 0 Å². The fourth-order valence-electron chi connectivity index (χ4n) is 1.22. The number of benzene rings is 1. The van der Waals surface area contributed by atoms with E-state index in [4.69, 9.17) is 12.2 Å². The van der Waals surface area contributed by atoms with Crippen molar-refractivity contribution in [2.45, 2.75) is 0 Å². The Morgan fingerprint density at radius 3 is 2.67 bits per heavy atom. The number of carbonyl (C=O) groups is 1. The van der Waals surface area contributed by atoms with Gasteiger partial charge in [-0.1, -0.05) is 42.6 Å². The number of hydrogen-bond donors (Lipinski definition) is 0. The van der Waals surface area contributed by atoms with Crippen molar-refractivity contribution in [3.63, 3.8) is 0 Å². The lowest BCUT2D eigenvalue weighted by Gasteiger charge is -2.08. The molecule has 0 saturated carbocycles. The highest BCUT2D eigenvalue weighted by molar-refractivity contribution is 7.82. The molecule has 2 heteroatoms. The van der Waals surface area contributed by atoms with Gasteiger partial charge in [0, 0.05) is 5.56 Å². The maximum absolute atomic E-state index is 11.4. The van der Waals surface area contributed by atoms with Gasteiger partial charge in [0.1, 0.15) is 0 Å². The van der Waals surface area contributed by atoms with E-state index in [0.29, 0.717) is 10.4 Å². The van der Waals surface area contributed by atoms with Crippen molar-refractivity contribution in [3.8, 4) is 0 Å². The Balaban J connectivity index is 2.67. The fourth-order valence-corrected chi connectivity index (χ4v) is 1.40. The molecule has 58 valence electrons. The lowest BCUT2D eigenvalue weighted by Crippen LogP contribution is -2.13. The molecule has 0 amide bonds. The van der Waals surface area contributed by atoms with Crippen LogP contribution < -0.4 is 0 Å². The summed E-state index contributed by atoms with van der Waals surface area (Å²) in [5.74, 6) is -0.0388. The molecule has 0 spiro atoms. The first-order chi connectivity index (χ1) is 5.79. The highest BCUT2D eigenvalue weighted by Gasteiger charge is 2.15. The van der Waals surface area contributed by atoms with Crippen molar-refractivity contribution in [3.05, 3.63) is 41.5 Å². The summed E-state index contributed by atoms with van der Waals surface area (Å²) < 4.78 is 0. The zero-order valence-corrected chi connectivity index (χ0v) is 7.10. The van der Waals surface area contributed by atoms with Crippen molar-refractivity contribution >= 4 is 28.9 Å². The molecule has 0 aromatic heterocycles. The molecule has 1 aliphatic rings. The predicted molar refractivity (Wildman–Crippen MR) is 52.4 cm³/mol. The largest absolute Gasteiger partial charge is 0.288 e. The van der Waals surface area contributed by atoms with Crippen LogP contribution in [0, 0.1) is 0 Å². The number of Topliss-reactive ketones (excluding diaryl/α,β-unsaturated/α-hetero) is 1. The molecule has 0 aliphatic heterocycles. The molecule has 1 aliphatic carbocycles. The third-order valence-corrected chi connectivity index (χ3v) is 2.16. The van der Waals surface area contributed by atoms with Crippen molar-refractivity contribution in [2.24, 2.45) is 0 Å². The number of thiocarbonyl (C=S) groups is 1. The van der Waals surface area contributed by atoms with Gasteiger partial charge in [-0.15, -0.1) is 0 Å². The molecule has 0 fully saturated rings. The van der Waals surface area contributed by atoms with Crippen LogP contribution in [0.15, 0.2) is 30.3 Å². The first-order valence-electron chi connectivity index (χ1n) is 3.65. The molecule has 0 bridgehead atoms. The van der Waals surface area contributed by atoms with E-state index in [1.807, 2.05) is 24.3 Å². The van der Waals surface area contributed by atoms with Gasteiger partial charge < -0.3 is 0 Å². The highest BCUT2D eigenvalue weighted by Crippen LogP contribution is 2.17. The lowest BCUT2D eigenvalue weighted by molar-refractivity contribution is 0.106. The zero-order chi connectivity index (χ0) is 8.55. The lowest BCUT2D eigenvalue weighted by atomic mass is 9.96. The molecule has 1 aromatic carbocycles. The molecule has 0 heterocycles. The molecule has 0 saturated heterocycles. The van der Waals surface area contributed by atoms with Gasteiger partial charge in [0.15, 0.2) is 0 Å². The fraction of sp³-hybridized carbons (Fsp3) is 0. The van der Waals surface area contributed by atoms with Gasteiger partial charge in [-0.2, -0.15) is 0 Å². The van der Waals surface area contributed by atoms with Crippen LogP contribution in [0.5, 0.6) is 0 Å². The molecule has 0 unspecified atom stereocenters. The standard InChI is InChI=1S/C10H6OS/c11-10-8-4-2-1-3-7(8)5-6-9(10)12/h1-6H. The van der Waals surface area contributed by atoms with Gasteiger partial charge in [-0.05, 0) is 11.6 Å². The zero-order valence-electron chi connectivity index (χ0n) is 6.28. The monoisotopic (exact) mass is 174 g/mol. The van der Waals surface area contributed by atoms with Gasteiger partial charge in [0.2, 0.25) is 5.78 Å². The quantitative estimate of drug-likeness (QED) is 0.561. The summed E-state index contributed by atoms with van der Waals surface area (Å²) in [5, 5.41) is 0. The minimum absolute atomic E-state index is 0.0388. The molecule has 1 nitrogen and oxygen atoms in total. The van der Waals surface area contributed by atoms with Gasteiger partial charge in [0.05, 0.1) is 4.86 Å². The number of rotatable bonds is 0. The van der Waals surface area contributed by atoms with Crippen LogP contribution in [0.3, 0.4) is 0 Å². The van der Waals surface area contributed by atoms with E-state index in [-0.39, 0.29) is 5.78 Å². The third kappa shape index (κ3) is 1.01. The van der Waals surface area contributed by atoms with Gasteiger partial charge in [0.25, 0.3) is 0 Å². The number of allylic oxidation sites excluding steroid dienone is 1. The molecular weight excluding hydrogens is 168 g/mol. The Kier molecular flexibility index (Phi) is 1.62. The van der Waals surface area contributed by atoms with Crippen molar-refractivity contribution < 1.29 is 4.79 Å². The second-order valence-electron chi connectivity index (χ2n) is 2.61. The molecule has 0 N–H and O–H groups in total. The van der Waals surface area contributed by atoms with Gasteiger partial charge >= 0.3 is 0 Å². The van der Waals surface area contributed by atoms with Crippen LogP contribution in [0.4, 0.5) is 0 Å². The van der Waals surface area contributed by atoms with E-state index < -0.39 is 0 Å². The average molecular weight is 174 g/mol. The van der Waals surface area contributed by atoms with Crippen LogP contribution >= 0.6 is 12.2 Å². The van der Waals surface area contributed by atoms with Crippen molar-refractivity contribution in [1.29, 1.82) is 0 Å². The normalized spacial score (nSPS) is 14.7. The van der Waals surface area contributed by atoms with E-state index in [0.717, 1.165) is 5.56 Å². The maximum Gasteiger partial charge on any atom is 0.204 e. The van der Waals surface area contributed by atoms with Crippen molar-refractivity contribution in [2.75, 3.05) is 0 Å².